The van der Waals surface area contributed by atoms with Gasteiger partial charge in [0.2, 0.25) is 0 Å². The molecule has 0 aliphatic rings. The fourth-order valence-corrected chi connectivity index (χ4v) is 5.87. The normalized spacial score (nSPS) is 11.9. The van der Waals surface area contributed by atoms with E-state index in [-0.39, 0.29) is 26.9 Å². The molecule has 0 saturated heterocycles. The van der Waals surface area contributed by atoms with Gasteiger partial charge in [-0.2, -0.15) is 8.42 Å². The molecule has 1 heterocycles. The van der Waals surface area contributed by atoms with Crippen LogP contribution in [0.4, 0.5) is 11.5 Å². The lowest BCUT2D eigenvalue weighted by atomic mass is 9.96. The predicted molar refractivity (Wildman–Crippen MR) is 151 cm³/mol. The highest BCUT2D eigenvalue weighted by molar-refractivity contribution is 7.92. The molecule has 4 aromatic carbocycles. The van der Waals surface area contributed by atoms with Crippen LogP contribution in [0, 0.1) is 0 Å². The van der Waals surface area contributed by atoms with Crippen LogP contribution >= 0.6 is 0 Å². The first-order chi connectivity index (χ1) is 18.6. The van der Waals surface area contributed by atoms with Gasteiger partial charge in [-0.15, -0.1) is 0 Å². The zero-order chi connectivity index (χ0) is 27.8. The van der Waals surface area contributed by atoms with Gasteiger partial charge in [0.15, 0.2) is 5.82 Å². The summed E-state index contributed by atoms with van der Waals surface area (Å²) in [6, 6.07) is 24.6. The highest BCUT2D eigenvalue weighted by Gasteiger charge is 2.22. The second kappa shape index (κ2) is 10.1. The number of hydrogen-bond acceptors (Lipinski definition) is 7. The van der Waals surface area contributed by atoms with Crippen LogP contribution in [-0.4, -0.2) is 31.4 Å². The van der Waals surface area contributed by atoms with Gasteiger partial charge in [0.25, 0.3) is 20.1 Å². The lowest BCUT2D eigenvalue weighted by Crippen LogP contribution is -2.15. The van der Waals surface area contributed by atoms with Crippen LogP contribution in [0.3, 0.4) is 0 Å². The van der Waals surface area contributed by atoms with Crippen LogP contribution in [-0.2, 0) is 26.6 Å². The molecule has 9 nitrogen and oxygen atoms in total. The average molecular weight is 561 g/mol. The molecule has 0 aliphatic carbocycles. The first-order valence-electron chi connectivity index (χ1n) is 11.9. The van der Waals surface area contributed by atoms with Crippen molar-refractivity contribution < 1.29 is 21.4 Å². The topological polar surface area (TPSA) is 152 Å². The fraction of sp³-hybridized carbons (Fsp3) is 0.0714. The van der Waals surface area contributed by atoms with E-state index in [1.54, 1.807) is 12.1 Å². The standard InChI is InChI=1S/C28H24N4O5S2/c1-2-23-24(18-7-4-3-5-8-18)15-16-25-27(23)31-26(19-9-6-10-22(17-19)39(35,36)37)28(30-25)32-38(33,34)21-13-11-20(29)12-14-21/h3-17H,2,29H2,1H3,(H,30,32)(H,35,36,37). The summed E-state index contributed by atoms with van der Waals surface area (Å²) in [4.78, 5) is 9.06. The number of nitrogens with two attached hydrogens (primary N) is 1. The molecule has 1 aromatic heterocycles. The highest BCUT2D eigenvalue weighted by atomic mass is 32.2. The average Bonchev–Trinajstić information content (AvgIpc) is 2.92. The summed E-state index contributed by atoms with van der Waals surface area (Å²) < 4.78 is 62.4. The van der Waals surface area contributed by atoms with Crippen LogP contribution in [0.2, 0.25) is 0 Å². The van der Waals surface area contributed by atoms with Crippen molar-refractivity contribution in [1.29, 1.82) is 0 Å². The van der Waals surface area contributed by atoms with E-state index in [9.17, 15) is 21.4 Å². The van der Waals surface area contributed by atoms with Crippen LogP contribution in [0.15, 0.2) is 101 Å². The SMILES string of the molecule is CCc1c(-c2ccccc2)ccc2nc(NS(=O)(=O)c3ccc(N)cc3)c(-c3cccc(S(=O)(=O)O)c3)nc12. The first-order valence-corrected chi connectivity index (χ1v) is 14.8. The van der Waals surface area contributed by atoms with Crippen LogP contribution in [0.5, 0.6) is 0 Å². The largest absolute Gasteiger partial charge is 0.399 e. The Balaban J connectivity index is 1.76. The minimum atomic E-state index is -4.53. The van der Waals surface area contributed by atoms with Gasteiger partial charge in [0.1, 0.15) is 5.69 Å². The zero-order valence-electron chi connectivity index (χ0n) is 20.7. The van der Waals surface area contributed by atoms with Crippen LogP contribution < -0.4 is 10.5 Å². The molecule has 0 fully saturated rings. The van der Waals surface area contributed by atoms with Gasteiger partial charge in [0, 0.05) is 11.3 Å². The second-order valence-corrected chi connectivity index (χ2v) is 11.9. The summed E-state index contributed by atoms with van der Waals surface area (Å²) in [5, 5.41) is 0. The molecular formula is C28H24N4O5S2. The molecule has 39 heavy (non-hydrogen) atoms. The number of aryl methyl sites for hydroxylation is 1. The molecule has 5 aromatic rings. The molecule has 0 spiro atoms. The summed E-state index contributed by atoms with van der Waals surface area (Å²) in [5.74, 6) is -0.0960. The monoisotopic (exact) mass is 560 g/mol. The molecule has 11 heteroatoms. The van der Waals surface area contributed by atoms with Crippen molar-refractivity contribution in [1.82, 2.24) is 9.97 Å². The summed E-state index contributed by atoms with van der Waals surface area (Å²) in [5.41, 5.74) is 10.3. The lowest BCUT2D eigenvalue weighted by Gasteiger charge is -2.16. The summed E-state index contributed by atoms with van der Waals surface area (Å²) in [7, 11) is -8.64. The number of sulfonamides is 1. The number of hydrogen-bond donors (Lipinski definition) is 3. The van der Waals surface area contributed by atoms with Gasteiger partial charge in [-0.05, 0) is 65.6 Å². The van der Waals surface area contributed by atoms with E-state index in [2.05, 4.69) is 9.71 Å². The molecule has 5 rings (SSSR count). The summed E-state index contributed by atoms with van der Waals surface area (Å²) in [6.07, 6.45) is 0.608. The Morgan fingerprint density at radius 1 is 0.795 bits per heavy atom. The number of nitrogens with zero attached hydrogens (tertiary/aromatic N) is 2. The number of anilines is 2. The molecular weight excluding hydrogens is 536 g/mol. The van der Waals surface area contributed by atoms with Gasteiger partial charge >= 0.3 is 0 Å². The smallest absolute Gasteiger partial charge is 0.294 e. The number of rotatable bonds is 7. The second-order valence-electron chi connectivity index (χ2n) is 8.78. The van der Waals surface area contributed by atoms with E-state index < -0.39 is 20.1 Å². The molecule has 0 atom stereocenters. The number of nitrogen functional groups attached to an aromatic ring is 1. The van der Waals surface area contributed by atoms with E-state index in [0.717, 1.165) is 16.7 Å². The van der Waals surface area contributed by atoms with E-state index in [4.69, 9.17) is 10.7 Å². The number of fused-ring (bicyclic) bond motifs is 1. The van der Waals surface area contributed by atoms with Crippen molar-refractivity contribution >= 4 is 42.7 Å². The number of aromatic nitrogens is 2. The molecule has 0 saturated carbocycles. The number of benzene rings is 4. The third kappa shape index (κ3) is 5.32. The molecule has 0 radical (unpaired) electrons. The first kappa shape index (κ1) is 26.3. The quantitative estimate of drug-likeness (QED) is 0.182. The zero-order valence-corrected chi connectivity index (χ0v) is 22.4. The number of nitrogens with one attached hydrogen (secondary N) is 1. The fourth-order valence-electron chi connectivity index (χ4n) is 4.33. The van der Waals surface area contributed by atoms with Crippen molar-refractivity contribution in [3.05, 3.63) is 96.6 Å². The van der Waals surface area contributed by atoms with E-state index in [1.807, 2.05) is 43.3 Å². The van der Waals surface area contributed by atoms with Crippen molar-refractivity contribution in [2.75, 3.05) is 10.5 Å². The van der Waals surface area contributed by atoms with Crippen molar-refractivity contribution in [2.45, 2.75) is 23.1 Å². The van der Waals surface area contributed by atoms with Crippen molar-refractivity contribution in [3.63, 3.8) is 0 Å². The molecule has 0 amide bonds. The Hall–Kier alpha value is -4.32. The molecule has 4 N–H and O–H groups in total. The summed E-state index contributed by atoms with van der Waals surface area (Å²) >= 11 is 0. The van der Waals surface area contributed by atoms with Crippen LogP contribution in [0.1, 0.15) is 12.5 Å². The maximum Gasteiger partial charge on any atom is 0.294 e. The van der Waals surface area contributed by atoms with E-state index in [0.29, 0.717) is 23.1 Å². The Labute approximate surface area is 226 Å². The minimum Gasteiger partial charge on any atom is -0.399 e. The van der Waals surface area contributed by atoms with Gasteiger partial charge in [-0.1, -0.05) is 55.5 Å². The van der Waals surface area contributed by atoms with E-state index >= 15 is 0 Å². The maximum atomic E-state index is 13.3. The molecule has 0 bridgehead atoms. The van der Waals surface area contributed by atoms with Gasteiger partial charge in [0.05, 0.1) is 20.8 Å². The van der Waals surface area contributed by atoms with Crippen LogP contribution in [0.25, 0.3) is 33.4 Å². The maximum absolute atomic E-state index is 13.3. The highest BCUT2D eigenvalue weighted by Crippen LogP contribution is 2.35. The Morgan fingerprint density at radius 2 is 1.49 bits per heavy atom. The molecule has 0 unspecified atom stereocenters. The Bertz CT molecular complexity index is 1910. The van der Waals surface area contributed by atoms with E-state index in [1.165, 1.54) is 42.5 Å². The molecule has 198 valence electrons. The van der Waals surface area contributed by atoms with Crippen molar-refractivity contribution in [3.8, 4) is 22.4 Å². The third-order valence-electron chi connectivity index (χ3n) is 6.21. The summed E-state index contributed by atoms with van der Waals surface area (Å²) in [6.45, 7) is 1.99. The van der Waals surface area contributed by atoms with Gasteiger partial charge in [-0.3, -0.25) is 9.27 Å². The predicted octanol–water partition coefficient (Wildman–Crippen LogP) is 5.16. The Kier molecular flexibility index (Phi) is 6.81. The lowest BCUT2D eigenvalue weighted by molar-refractivity contribution is 0.483. The molecule has 0 aliphatic heterocycles. The Morgan fingerprint density at radius 3 is 2.15 bits per heavy atom. The minimum absolute atomic E-state index is 0.0371. The van der Waals surface area contributed by atoms with Crippen molar-refractivity contribution in [2.24, 2.45) is 0 Å². The third-order valence-corrected chi connectivity index (χ3v) is 8.41. The van der Waals surface area contributed by atoms with Gasteiger partial charge in [-0.25, -0.2) is 18.4 Å². The van der Waals surface area contributed by atoms with Gasteiger partial charge < -0.3 is 5.73 Å².